The highest BCUT2D eigenvalue weighted by Gasteiger charge is 2.40. The van der Waals surface area contributed by atoms with Gasteiger partial charge in [0.1, 0.15) is 18.1 Å². The van der Waals surface area contributed by atoms with Crippen LogP contribution in [-0.4, -0.2) is 45.8 Å². The van der Waals surface area contributed by atoms with Gasteiger partial charge in [-0.3, -0.25) is 9.58 Å². The number of nitrogens with zero attached hydrogens (tertiary/aromatic N) is 5. The molecule has 0 unspecified atom stereocenters. The molecule has 1 aromatic heterocycles. The van der Waals surface area contributed by atoms with Crippen LogP contribution in [0.4, 0.5) is 42.5 Å². The molecule has 2 aliphatic rings. The first-order valence-corrected chi connectivity index (χ1v) is 13.0. The van der Waals surface area contributed by atoms with Gasteiger partial charge in [-0.15, -0.1) is 0 Å². The van der Waals surface area contributed by atoms with Crippen molar-refractivity contribution < 1.29 is 31.1 Å². The molecular weight excluding hydrogens is 536 g/mol. The summed E-state index contributed by atoms with van der Waals surface area (Å²) < 4.78 is 84.4. The lowest BCUT2D eigenvalue weighted by atomic mass is 10.00. The Balaban J connectivity index is 1.44. The summed E-state index contributed by atoms with van der Waals surface area (Å²) in [5.74, 6) is -3.41. The standard InChI is InChI=1S/C28H29F6N5O/c1-18-6-5-9-22(29)25(18)36-12-10-20(11-13-36)38-15-23-24(16-37(35-23)17-27(2,30)31)39(26(38)40)14-19-7-3-4-8-21(19)28(32,33)34/h3-9,16,20H,10-15,17H2,1-2H3. The average Bonchev–Trinajstić information content (AvgIpc) is 3.26. The lowest BCUT2D eigenvalue weighted by molar-refractivity contribution is -0.138. The molecule has 3 aromatic rings. The molecule has 0 saturated carbocycles. The number of piperidine rings is 1. The molecule has 12 heteroatoms. The second-order valence-electron chi connectivity index (χ2n) is 10.5. The van der Waals surface area contributed by atoms with Crippen LogP contribution in [0.25, 0.3) is 0 Å². The van der Waals surface area contributed by atoms with Crippen molar-refractivity contribution in [2.24, 2.45) is 0 Å². The number of urea groups is 1. The van der Waals surface area contributed by atoms with Crippen molar-refractivity contribution in [1.82, 2.24) is 14.7 Å². The van der Waals surface area contributed by atoms with E-state index in [4.69, 9.17) is 0 Å². The molecule has 1 fully saturated rings. The third-order valence-electron chi connectivity index (χ3n) is 7.40. The third-order valence-corrected chi connectivity index (χ3v) is 7.40. The maximum absolute atomic E-state index is 14.6. The summed E-state index contributed by atoms with van der Waals surface area (Å²) in [5.41, 5.74) is 0.863. The topological polar surface area (TPSA) is 44.6 Å². The number of anilines is 2. The fourth-order valence-electron chi connectivity index (χ4n) is 5.61. The molecule has 0 bridgehead atoms. The van der Waals surface area contributed by atoms with Crippen molar-refractivity contribution in [2.75, 3.05) is 22.9 Å². The summed E-state index contributed by atoms with van der Waals surface area (Å²) in [4.78, 5) is 18.5. The number of amides is 2. The molecule has 2 aliphatic heterocycles. The van der Waals surface area contributed by atoms with Gasteiger partial charge in [-0.05, 0) is 43.0 Å². The van der Waals surface area contributed by atoms with E-state index in [0.717, 1.165) is 23.2 Å². The van der Waals surface area contributed by atoms with E-state index in [1.807, 2.05) is 17.9 Å². The number of carbonyl (C=O) groups is 1. The molecule has 214 valence electrons. The number of para-hydroxylation sites is 1. The van der Waals surface area contributed by atoms with Gasteiger partial charge in [0.2, 0.25) is 0 Å². The van der Waals surface area contributed by atoms with Crippen LogP contribution in [0, 0.1) is 12.7 Å². The number of alkyl halides is 5. The third kappa shape index (κ3) is 5.62. The van der Waals surface area contributed by atoms with Gasteiger partial charge in [-0.25, -0.2) is 18.0 Å². The normalized spacial score (nSPS) is 17.0. The molecule has 6 nitrogen and oxygen atoms in total. The van der Waals surface area contributed by atoms with Crippen LogP contribution in [0.1, 0.15) is 42.1 Å². The average molecular weight is 566 g/mol. The monoisotopic (exact) mass is 565 g/mol. The van der Waals surface area contributed by atoms with Crippen LogP contribution in [0.15, 0.2) is 48.7 Å². The van der Waals surface area contributed by atoms with E-state index in [0.29, 0.717) is 37.3 Å². The predicted molar refractivity (Wildman–Crippen MR) is 138 cm³/mol. The maximum Gasteiger partial charge on any atom is 0.416 e. The summed E-state index contributed by atoms with van der Waals surface area (Å²) in [6.07, 6.45) is -2.35. The van der Waals surface area contributed by atoms with E-state index in [1.165, 1.54) is 35.4 Å². The van der Waals surface area contributed by atoms with Gasteiger partial charge in [-0.1, -0.05) is 30.3 Å². The Morgan fingerprint density at radius 3 is 2.35 bits per heavy atom. The van der Waals surface area contributed by atoms with Crippen LogP contribution >= 0.6 is 0 Å². The smallest absolute Gasteiger partial charge is 0.369 e. The first-order chi connectivity index (χ1) is 18.8. The Hall–Kier alpha value is -3.70. The SMILES string of the molecule is Cc1cccc(F)c1N1CCC(N2Cc3nn(CC(C)(F)F)cc3N(Cc3ccccc3C(F)(F)F)C2=O)CC1. The largest absolute Gasteiger partial charge is 0.416 e. The summed E-state index contributed by atoms with van der Waals surface area (Å²) in [5, 5.41) is 4.28. The van der Waals surface area contributed by atoms with Gasteiger partial charge < -0.3 is 9.80 Å². The number of aromatic nitrogens is 2. The van der Waals surface area contributed by atoms with E-state index in [1.54, 1.807) is 11.0 Å². The van der Waals surface area contributed by atoms with Crippen LogP contribution in [0.2, 0.25) is 0 Å². The second-order valence-corrected chi connectivity index (χ2v) is 10.5. The molecular formula is C28H29F6N5O. The molecule has 2 amide bonds. The minimum Gasteiger partial charge on any atom is -0.369 e. The number of aryl methyl sites for hydroxylation is 1. The van der Waals surface area contributed by atoms with Gasteiger partial charge in [0.05, 0.1) is 30.0 Å². The molecule has 3 heterocycles. The van der Waals surface area contributed by atoms with Crippen molar-refractivity contribution in [3.63, 3.8) is 0 Å². The van der Waals surface area contributed by atoms with Gasteiger partial charge in [0.15, 0.2) is 0 Å². The lowest BCUT2D eigenvalue weighted by Gasteiger charge is -2.43. The first kappa shape index (κ1) is 27.9. The van der Waals surface area contributed by atoms with Crippen LogP contribution < -0.4 is 9.80 Å². The number of carbonyl (C=O) groups excluding carboxylic acids is 1. The van der Waals surface area contributed by atoms with E-state index in [-0.39, 0.29) is 29.7 Å². The van der Waals surface area contributed by atoms with E-state index >= 15 is 0 Å². The Labute approximate surface area is 227 Å². The molecule has 0 N–H and O–H groups in total. The maximum atomic E-state index is 14.6. The summed E-state index contributed by atoms with van der Waals surface area (Å²) in [7, 11) is 0. The quantitative estimate of drug-likeness (QED) is 0.316. The molecule has 0 spiro atoms. The molecule has 0 atom stereocenters. The molecule has 0 radical (unpaired) electrons. The highest BCUT2D eigenvalue weighted by molar-refractivity contribution is 5.94. The highest BCUT2D eigenvalue weighted by Crippen LogP contribution is 2.37. The van der Waals surface area contributed by atoms with Crippen molar-refractivity contribution in [3.05, 3.63) is 76.9 Å². The summed E-state index contributed by atoms with van der Waals surface area (Å²) in [6.45, 7) is 2.41. The fraction of sp³-hybridized carbons (Fsp3) is 0.429. The zero-order chi connectivity index (χ0) is 28.8. The highest BCUT2D eigenvalue weighted by atomic mass is 19.4. The Morgan fingerprint density at radius 2 is 1.70 bits per heavy atom. The first-order valence-electron chi connectivity index (χ1n) is 13.0. The minimum absolute atomic E-state index is 0.0390. The fourth-order valence-corrected chi connectivity index (χ4v) is 5.61. The number of halogens is 6. The van der Waals surface area contributed by atoms with Gasteiger partial charge in [0, 0.05) is 32.3 Å². The number of hydrogen-bond acceptors (Lipinski definition) is 3. The molecule has 1 saturated heterocycles. The van der Waals surface area contributed by atoms with Crippen LogP contribution in [0.3, 0.4) is 0 Å². The lowest BCUT2D eigenvalue weighted by Crippen LogP contribution is -2.54. The Bertz CT molecular complexity index is 1370. The van der Waals surface area contributed by atoms with Gasteiger partial charge >= 0.3 is 12.2 Å². The number of hydrogen-bond donors (Lipinski definition) is 0. The molecule has 5 rings (SSSR count). The number of fused-ring (bicyclic) bond motifs is 1. The van der Waals surface area contributed by atoms with Crippen molar-refractivity contribution in [2.45, 2.75) is 64.5 Å². The van der Waals surface area contributed by atoms with E-state index in [9.17, 15) is 31.1 Å². The molecule has 2 aromatic carbocycles. The van der Waals surface area contributed by atoms with Crippen molar-refractivity contribution in [3.8, 4) is 0 Å². The van der Waals surface area contributed by atoms with E-state index in [2.05, 4.69) is 5.10 Å². The number of benzene rings is 2. The Kier molecular flexibility index (Phi) is 7.22. The number of rotatable bonds is 6. The van der Waals surface area contributed by atoms with Gasteiger partial charge in [0.25, 0.3) is 5.92 Å². The van der Waals surface area contributed by atoms with Crippen LogP contribution in [-0.2, 0) is 25.8 Å². The van der Waals surface area contributed by atoms with Gasteiger partial charge in [-0.2, -0.15) is 18.3 Å². The summed E-state index contributed by atoms with van der Waals surface area (Å²) >= 11 is 0. The van der Waals surface area contributed by atoms with Crippen LogP contribution in [0.5, 0.6) is 0 Å². The second kappa shape index (κ2) is 10.4. The molecule has 40 heavy (non-hydrogen) atoms. The zero-order valence-electron chi connectivity index (χ0n) is 22.1. The molecule has 0 aliphatic carbocycles. The van der Waals surface area contributed by atoms with Crippen molar-refractivity contribution >= 4 is 17.4 Å². The predicted octanol–water partition coefficient (Wildman–Crippen LogP) is 6.62. The zero-order valence-corrected chi connectivity index (χ0v) is 22.1. The van der Waals surface area contributed by atoms with E-state index < -0.39 is 36.8 Å². The Morgan fingerprint density at radius 1 is 1.00 bits per heavy atom. The van der Waals surface area contributed by atoms with Crippen molar-refractivity contribution in [1.29, 1.82) is 0 Å². The minimum atomic E-state index is -4.63. The summed E-state index contributed by atoms with van der Waals surface area (Å²) in [6, 6.07) is 9.04.